The van der Waals surface area contributed by atoms with Crippen LogP contribution < -0.4 is 0 Å². The Morgan fingerprint density at radius 3 is 1.71 bits per heavy atom. The SMILES string of the molecule is OCCCCCCCCCCCCC#CSI. The fourth-order valence-electron chi connectivity index (χ4n) is 1.82. The summed E-state index contributed by atoms with van der Waals surface area (Å²) in [6, 6.07) is 0. The Bertz CT molecular complexity index is 198. The summed E-state index contributed by atoms with van der Waals surface area (Å²) in [4.78, 5) is 0. The lowest BCUT2D eigenvalue weighted by atomic mass is 10.1. The number of unbranched alkanes of at least 4 members (excludes halogenated alkanes) is 10. The monoisotopic (exact) mass is 368 g/mol. The highest BCUT2D eigenvalue weighted by Crippen LogP contribution is 2.11. The van der Waals surface area contributed by atoms with E-state index in [4.69, 9.17) is 5.11 Å². The van der Waals surface area contributed by atoms with Crippen molar-refractivity contribution in [1.82, 2.24) is 0 Å². The van der Waals surface area contributed by atoms with Crippen molar-refractivity contribution in [2.75, 3.05) is 6.61 Å². The van der Waals surface area contributed by atoms with E-state index in [1.165, 1.54) is 57.8 Å². The van der Waals surface area contributed by atoms with Crippen LogP contribution in [0, 0.1) is 11.2 Å². The molecule has 0 saturated heterocycles. The molecule has 3 heteroatoms. The fraction of sp³-hybridized carbons (Fsp3) is 0.857. The van der Waals surface area contributed by atoms with Gasteiger partial charge in [-0.05, 0) is 27.0 Å². The molecule has 0 heterocycles. The van der Waals surface area contributed by atoms with Gasteiger partial charge < -0.3 is 5.11 Å². The molecule has 17 heavy (non-hydrogen) atoms. The van der Waals surface area contributed by atoms with Gasteiger partial charge in [0.05, 0.1) is 0 Å². The van der Waals surface area contributed by atoms with E-state index < -0.39 is 0 Å². The third-order valence-corrected chi connectivity index (χ3v) is 3.70. The van der Waals surface area contributed by atoms with E-state index >= 15 is 0 Å². The van der Waals surface area contributed by atoms with Crippen LogP contribution in [-0.4, -0.2) is 11.7 Å². The molecule has 0 aromatic heterocycles. The van der Waals surface area contributed by atoms with Crippen molar-refractivity contribution in [1.29, 1.82) is 0 Å². The minimum Gasteiger partial charge on any atom is -0.396 e. The summed E-state index contributed by atoms with van der Waals surface area (Å²) in [5.41, 5.74) is 0. The molecular formula is C14H25IOS. The smallest absolute Gasteiger partial charge is 0.0431 e. The molecule has 0 bridgehead atoms. The van der Waals surface area contributed by atoms with Crippen molar-refractivity contribution in [3.8, 4) is 11.2 Å². The summed E-state index contributed by atoms with van der Waals surface area (Å²) >= 11 is 2.21. The van der Waals surface area contributed by atoms with Crippen LogP contribution in [0.25, 0.3) is 0 Å². The zero-order chi connectivity index (χ0) is 12.6. The van der Waals surface area contributed by atoms with E-state index in [0.29, 0.717) is 6.61 Å². The number of rotatable bonds is 11. The summed E-state index contributed by atoms with van der Waals surface area (Å²) in [6.07, 6.45) is 14.0. The van der Waals surface area contributed by atoms with Gasteiger partial charge in [0.1, 0.15) is 0 Å². The van der Waals surface area contributed by atoms with Gasteiger partial charge in [-0.25, -0.2) is 0 Å². The Kier molecular flexibility index (Phi) is 17.2. The van der Waals surface area contributed by atoms with E-state index in [9.17, 15) is 0 Å². The molecule has 100 valence electrons. The minimum atomic E-state index is 0.360. The predicted molar refractivity (Wildman–Crippen MR) is 87.3 cm³/mol. The second-order valence-corrected chi connectivity index (χ2v) is 6.04. The van der Waals surface area contributed by atoms with Crippen LogP contribution in [0.5, 0.6) is 0 Å². The van der Waals surface area contributed by atoms with E-state index in [2.05, 4.69) is 32.4 Å². The van der Waals surface area contributed by atoms with E-state index in [1.807, 2.05) is 0 Å². The standard InChI is InChI=1S/C14H25IOS/c15-17-14-12-10-8-6-4-2-1-3-5-7-9-11-13-16/h16H,1-11,13H2. The molecule has 0 unspecified atom stereocenters. The highest BCUT2D eigenvalue weighted by molar-refractivity contribution is 14.2. The second-order valence-electron chi connectivity index (χ2n) is 4.37. The van der Waals surface area contributed by atoms with Crippen molar-refractivity contribution in [3.63, 3.8) is 0 Å². The maximum absolute atomic E-state index is 8.63. The molecule has 0 aliphatic heterocycles. The Morgan fingerprint density at radius 2 is 1.24 bits per heavy atom. The molecule has 0 aromatic rings. The normalized spacial score (nSPS) is 10.0. The number of aliphatic hydroxyl groups excluding tert-OH is 1. The lowest BCUT2D eigenvalue weighted by Crippen LogP contribution is -1.84. The lowest BCUT2D eigenvalue weighted by molar-refractivity contribution is 0.282. The highest BCUT2D eigenvalue weighted by atomic mass is 127. The molecule has 1 N–H and O–H groups in total. The molecular weight excluding hydrogens is 343 g/mol. The Balaban J connectivity index is 2.94. The molecule has 1 nitrogen and oxygen atoms in total. The Morgan fingerprint density at radius 1 is 0.765 bits per heavy atom. The summed E-state index contributed by atoms with van der Waals surface area (Å²) < 4.78 is 0. The average Bonchev–Trinajstić information content (AvgIpc) is 2.35. The van der Waals surface area contributed by atoms with Gasteiger partial charge in [-0.2, -0.15) is 0 Å². The van der Waals surface area contributed by atoms with Gasteiger partial charge >= 0.3 is 0 Å². The van der Waals surface area contributed by atoms with Gasteiger partial charge in [0, 0.05) is 34.2 Å². The van der Waals surface area contributed by atoms with Crippen LogP contribution in [0.2, 0.25) is 0 Å². The largest absolute Gasteiger partial charge is 0.396 e. The summed E-state index contributed by atoms with van der Waals surface area (Å²) in [5.74, 6) is 3.15. The van der Waals surface area contributed by atoms with Gasteiger partial charge in [-0.1, -0.05) is 57.3 Å². The number of hydrogen-bond donors (Lipinski definition) is 1. The van der Waals surface area contributed by atoms with Crippen molar-refractivity contribution in [3.05, 3.63) is 0 Å². The maximum Gasteiger partial charge on any atom is 0.0431 e. The molecule has 0 aliphatic carbocycles. The highest BCUT2D eigenvalue weighted by Gasteiger charge is 1.92. The quantitative estimate of drug-likeness (QED) is 0.303. The fourth-order valence-corrected chi connectivity index (χ4v) is 2.44. The van der Waals surface area contributed by atoms with E-state index in [0.717, 1.165) is 12.8 Å². The lowest BCUT2D eigenvalue weighted by Gasteiger charge is -2.01. The summed E-state index contributed by atoms with van der Waals surface area (Å²) in [6.45, 7) is 0.360. The molecule has 0 amide bonds. The first-order valence-corrected chi connectivity index (χ1v) is 10.1. The molecule has 0 spiro atoms. The van der Waals surface area contributed by atoms with Crippen molar-refractivity contribution >= 4 is 30.1 Å². The molecule has 0 rings (SSSR count). The molecule has 0 aromatic carbocycles. The molecule has 0 saturated carbocycles. The number of hydrogen-bond acceptors (Lipinski definition) is 2. The van der Waals surface area contributed by atoms with E-state index in [1.54, 1.807) is 8.93 Å². The predicted octanol–water partition coefficient (Wildman–Crippen LogP) is 5.31. The van der Waals surface area contributed by atoms with Crippen LogP contribution in [0.4, 0.5) is 0 Å². The Hall–Kier alpha value is 0.600. The first-order chi connectivity index (χ1) is 8.41. The van der Waals surface area contributed by atoms with Gasteiger partial charge in [0.2, 0.25) is 0 Å². The van der Waals surface area contributed by atoms with Gasteiger partial charge in [0.25, 0.3) is 0 Å². The maximum atomic E-state index is 8.63. The van der Waals surface area contributed by atoms with Crippen molar-refractivity contribution < 1.29 is 5.11 Å². The van der Waals surface area contributed by atoms with Gasteiger partial charge in [-0.3, -0.25) is 0 Å². The first-order valence-electron chi connectivity index (χ1n) is 6.78. The molecule has 0 radical (unpaired) electrons. The summed E-state index contributed by atoms with van der Waals surface area (Å²) in [5, 5.41) is 11.7. The third kappa shape index (κ3) is 16.6. The third-order valence-electron chi connectivity index (χ3n) is 2.82. The van der Waals surface area contributed by atoms with Crippen LogP contribution in [-0.2, 0) is 0 Å². The van der Waals surface area contributed by atoms with Crippen molar-refractivity contribution in [2.45, 2.75) is 70.6 Å². The Labute approximate surface area is 123 Å². The second kappa shape index (κ2) is 16.6. The van der Waals surface area contributed by atoms with Crippen LogP contribution in [0.15, 0.2) is 0 Å². The molecule has 0 fully saturated rings. The van der Waals surface area contributed by atoms with Crippen LogP contribution >= 0.6 is 30.1 Å². The van der Waals surface area contributed by atoms with Gasteiger partial charge in [-0.15, -0.1) is 0 Å². The zero-order valence-electron chi connectivity index (χ0n) is 10.7. The van der Waals surface area contributed by atoms with E-state index in [-0.39, 0.29) is 0 Å². The zero-order valence-corrected chi connectivity index (χ0v) is 13.7. The number of aliphatic hydroxyl groups is 1. The van der Waals surface area contributed by atoms with Crippen molar-refractivity contribution in [2.24, 2.45) is 0 Å². The van der Waals surface area contributed by atoms with Crippen LogP contribution in [0.1, 0.15) is 70.6 Å². The molecule has 0 aliphatic rings. The first kappa shape index (κ1) is 17.6. The molecule has 0 atom stereocenters. The average molecular weight is 368 g/mol. The van der Waals surface area contributed by atoms with Gasteiger partial charge in [0.15, 0.2) is 0 Å². The topological polar surface area (TPSA) is 20.2 Å². The summed E-state index contributed by atoms with van der Waals surface area (Å²) in [7, 11) is 1.58. The van der Waals surface area contributed by atoms with Crippen LogP contribution in [0.3, 0.4) is 0 Å². The number of halogens is 1. The minimum absolute atomic E-state index is 0.360.